The first-order valence-corrected chi connectivity index (χ1v) is 8.47. The van der Waals surface area contributed by atoms with Gasteiger partial charge in [-0.2, -0.15) is 0 Å². The van der Waals surface area contributed by atoms with E-state index in [0.717, 1.165) is 29.8 Å². The van der Waals surface area contributed by atoms with Gasteiger partial charge in [0.2, 0.25) is 0 Å². The number of rotatable bonds is 4. The van der Waals surface area contributed by atoms with Gasteiger partial charge in [-0.1, -0.05) is 30.3 Å². The molecule has 2 fully saturated rings. The minimum absolute atomic E-state index is 0.0515. The number of benzene rings is 1. The number of likely N-dealkylation sites (tertiary alicyclic amines) is 1. The average Bonchev–Trinajstić information content (AvgIpc) is 2.80. The van der Waals surface area contributed by atoms with Crippen LogP contribution in [0.3, 0.4) is 0 Å². The number of amides is 3. The number of nitrogens with zero attached hydrogens (tertiary/aromatic N) is 2. The molecule has 3 unspecified atom stereocenters. The molecule has 6 nitrogen and oxygen atoms in total. The van der Waals surface area contributed by atoms with Crippen LogP contribution in [0.25, 0.3) is 0 Å². The monoisotopic (exact) mass is 331 g/mol. The van der Waals surface area contributed by atoms with Gasteiger partial charge in [0.1, 0.15) is 5.54 Å². The summed E-state index contributed by atoms with van der Waals surface area (Å²) in [6, 6.07) is 9.27. The Morgan fingerprint density at radius 3 is 2.67 bits per heavy atom. The minimum atomic E-state index is -0.845. The maximum atomic E-state index is 12.5. The van der Waals surface area contributed by atoms with Crippen LogP contribution < -0.4 is 5.32 Å². The van der Waals surface area contributed by atoms with Gasteiger partial charge in [0.15, 0.2) is 0 Å². The molecular formula is C18H25N3O3. The SMILES string of the molecule is CN1C(=O)NC(C)(C2CCCN(CC(O)c3ccccc3)C2)C1=O. The Morgan fingerprint density at radius 1 is 1.33 bits per heavy atom. The molecule has 2 N–H and O–H groups in total. The highest BCUT2D eigenvalue weighted by Gasteiger charge is 2.51. The minimum Gasteiger partial charge on any atom is -0.387 e. The number of hydrogen-bond acceptors (Lipinski definition) is 4. The van der Waals surface area contributed by atoms with Crippen LogP contribution in [-0.4, -0.2) is 59.1 Å². The number of urea groups is 1. The molecule has 130 valence electrons. The molecule has 2 aliphatic rings. The quantitative estimate of drug-likeness (QED) is 0.818. The highest BCUT2D eigenvalue weighted by molar-refractivity contribution is 6.06. The fourth-order valence-electron chi connectivity index (χ4n) is 3.79. The van der Waals surface area contributed by atoms with Gasteiger partial charge >= 0.3 is 6.03 Å². The Bertz CT molecular complexity index is 621. The van der Waals surface area contributed by atoms with Gasteiger partial charge in [-0.25, -0.2) is 4.79 Å². The molecule has 3 atom stereocenters. The number of likely N-dealkylation sites (N-methyl/N-ethyl adjacent to an activating group) is 1. The van der Waals surface area contributed by atoms with E-state index >= 15 is 0 Å². The van der Waals surface area contributed by atoms with Crippen LogP contribution in [0.1, 0.15) is 31.4 Å². The van der Waals surface area contributed by atoms with Crippen molar-refractivity contribution in [3.8, 4) is 0 Å². The average molecular weight is 331 g/mol. The number of aliphatic hydroxyl groups is 1. The van der Waals surface area contributed by atoms with Crippen molar-refractivity contribution < 1.29 is 14.7 Å². The number of β-amino-alcohol motifs (C(OH)–C–C–N with tert-alkyl or cyclic N) is 1. The first kappa shape index (κ1) is 16.9. The summed E-state index contributed by atoms with van der Waals surface area (Å²) < 4.78 is 0. The Kier molecular flexibility index (Phi) is 4.60. The van der Waals surface area contributed by atoms with Crippen LogP contribution in [0.5, 0.6) is 0 Å². The number of nitrogens with one attached hydrogen (secondary N) is 1. The zero-order chi connectivity index (χ0) is 17.3. The number of imide groups is 1. The summed E-state index contributed by atoms with van der Waals surface area (Å²) in [6.07, 6.45) is 1.30. The molecule has 2 saturated heterocycles. The molecule has 0 radical (unpaired) electrons. The summed E-state index contributed by atoms with van der Waals surface area (Å²) in [5, 5.41) is 13.3. The number of carbonyl (C=O) groups excluding carboxylic acids is 2. The summed E-state index contributed by atoms with van der Waals surface area (Å²) in [7, 11) is 1.52. The van der Waals surface area contributed by atoms with Crippen LogP contribution in [0, 0.1) is 5.92 Å². The fraction of sp³-hybridized carbons (Fsp3) is 0.556. The molecule has 2 heterocycles. The smallest absolute Gasteiger partial charge is 0.324 e. The van der Waals surface area contributed by atoms with Crippen molar-refractivity contribution in [1.82, 2.24) is 15.1 Å². The number of piperidine rings is 1. The van der Waals surface area contributed by atoms with Gasteiger partial charge < -0.3 is 15.3 Å². The zero-order valence-corrected chi connectivity index (χ0v) is 14.2. The lowest BCUT2D eigenvalue weighted by atomic mass is 9.80. The van der Waals surface area contributed by atoms with E-state index in [9.17, 15) is 14.7 Å². The van der Waals surface area contributed by atoms with E-state index in [1.54, 1.807) is 0 Å². The standard InChI is InChI=1S/C18H25N3O3/c1-18(16(23)20(2)17(24)19-18)14-9-6-10-21(11-14)12-15(22)13-7-4-3-5-8-13/h3-5,7-8,14-15,22H,6,9-12H2,1-2H3,(H,19,24). The Labute approximate surface area is 142 Å². The van der Waals surface area contributed by atoms with E-state index in [4.69, 9.17) is 0 Å². The van der Waals surface area contributed by atoms with Crippen molar-refractivity contribution in [2.75, 3.05) is 26.7 Å². The predicted molar refractivity (Wildman–Crippen MR) is 90.3 cm³/mol. The van der Waals surface area contributed by atoms with Crippen molar-refractivity contribution in [3.63, 3.8) is 0 Å². The summed E-state index contributed by atoms with van der Waals surface area (Å²) in [6.45, 7) is 3.95. The van der Waals surface area contributed by atoms with Crippen molar-refractivity contribution in [2.24, 2.45) is 5.92 Å². The van der Waals surface area contributed by atoms with Crippen molar-refractivity contribution >= 4 is 11.9 Å². The molecule has 2 aliphatic heterocycles. The Hall–Kier alpha value is -1.92. The highest BCUT2D eigenvalue weighted by Crippen LogP contribution is 2.32. The van der Waals surface area contributed by atoms with E-state index in [1.807, 2.05) is 37.3 Å². The molecule has 1 aromatic rings. The maximum absolute atomic E-state index is 12.5. The molecule has 0 aromatic heterocycles. The normalized spacial score (nSPS) is 29.6. The van der Waals surface area contributed by atoms with Crippen LogP contribution in [0.4, 0.5) is 4.79 Å². The lowest BCUT2D eigenvalue weighted by Crippen LogP contribution is -2.56. The van der Waals surface area contributed by atoms with Crippen molar-refractivity contribution in [2.45, 2.75) is 31.4 Å². The lowest BCUT2D eigenvalue weighted by Gasteiger charge is -2.40. The second-order valence-electron chi connectivity index (χ2n) is 7.02. The second kappa shape index (κ2) is 6.53. The van der Waals surface area contributed by atoms with Gasteiger partial charge in [-0.3, -0.25) is 9.69 Å². The topological polar surface area (TPSA) is 72.9 Å². The first-order valence-electron chi connectivity index (χ1n) is 8.47. The largest absolute Gasteiger partial charge is 0.387 e. The van der Waals surface area contributed by atoms with E-state index in [2.05, 4.69) is 10.2 Å². The Morgan fingerprint density at radius 2 is 2.04 bits per heavy atom. The summed E-state index contributed by atoms with van der Waals surface area (Å²) in [4.78, 5) is 27.6. The molecular weight excluding hydrogens is 306 g/mol. The van der Waals surface area contributed by atoms with E-state index in [1.165, 1.54) is 7.05 Å². The molecule has 0 spiro atoms. The predicted octanol–water partition coefficient (Wildman–Crippen LogP) is 1.37. The van der Waals surface area contributed by atoms with E-state index in [-0.39, 0.29) is 17.9 Å². The molecule has 3 amide bonds. The zero-order valence-electron chi connectivity index (χ0n) is 14.2. The fourth-order valence-corrected chi connectivity index (χ4v) is 3.79. The third kappa shape index (κ3) is 3.03. The summed E-state index contributed by atoms with van der Waals surface area (Å²) in [5.74, 6) is -0.112. The molecule has 3 rings (SSSR count). The first-order chi connectivity index (χ1) is 11.4. The molecule has 0 aliphatic carbocycles. The van der Waals surface area contributed by atoms with Crippen molar-refractivity contribution in [1.29, 1.82) is 0 Å². The molecule has 0 bridgehead atoms. The van der Waals surface area contributed by atoms with Crippen molar-refractivity contribution in [3.05, 3.63) is 35.9 Å². The van der Waals surface area contributed by atoms with Crippen LogP contribution in [0.2, 0.25) is 0 Å². The van der Waals surface area contributed by atoms with Crippen LogP contribution in [0.15, 0.2) is 30.3 Å². The summed E-state index contributed by atoms with van der Waals surface area (Å²) in [5.41, 5.74) is 0.0539. The molecule has 6 heteroatoms. The molecule has 24 heavy (non-hydrogen) atoms. The van der Waals surface area contributed by atoms with Gasteiger partial charge in [-0.05, 0) is 31.9 Å². The molecule has 0 saturated carbocycles. The van der Waals surface area contributed by atoms with Gasteiger partial charge in [0.25, 0.3) is 5.91 Å². The van der Waals surface area contributed by atoms with Crippen LogP contribution in [-0.2, 0) is 4.79 Å². The lowest BCUT2D eigenvalue weighted by molar-refractivity contribution is -0.132. The number of hydrogen-bond donors (Lipinski definition) is 2. The number of aliphatic hydroxyl groups excluding tert-OH is 1. The van der Waals surface area contributed by atoms with E-state index in [0.29, 0.717) is 13.1 Å². The maximum Gasteiger partial charge on any atom is 0.324 e. The third-order valence-corrected chi connectivity index (χ3v) is 5.36. The van der Waals surface area contributed by atoms with Gasteiger partial charge in [-0.15, -0.1) is 0 Å². The number of carbonyl (C=O) groups is 2. The van der Waals surface area contributed by atoms with E-state index < -0.39 is 11.6 Å². The van der Waals surface area contributed by atoms with Gasteiger partial charge in [0, 0.05) is 26.1 Å². The van der Waals surface area contributed by atoms with Crippen LogP contribution >= 0.6 is 0 Å². The summed E-state index contributed by atoms with van der Waals surface area (Å²) >= 11 is 0. The Balaban J connectivity index is 1.67. The second-order valence-corrected chi connectivity index (χ2v) is 7.02. The highest BCUT2D eigenvalue weighted by atomic mass is 16.3. The van der Waals surface area contributed by atoms with Gasteiger partial charge in [0.05, 0.1) is 6.10 Å². The molecule has 1 aromatic carbocycles. The third-order valence-electron chi connectivity index (χ3n) is 5.36.